The molecule has 0 saturated carbocycles. The third-order valence-corrected chi connectivity index (χ3v) is 6.53. The van der Waals surface area contributed by atoms with E-state index in [0.29, 0.717) is 16.4 Å². The Labute approximate surface area is 197 Å². The van der Waals surface area contributed by atoms with Gasteiger partial charge in [-0.05, 0) is 60.2 Å². The number of anilines is 1. The van der Waals surface area contributed by atoms with Crippen LogP contribution in [0.15, 0.2) is 108 Å². The van der Waals surface area contributed by atoms with E-state index >= 15 is 0 Å². The number of hydrogen-bond donors (Lipinski definition) is 2. The number of hydrogen-bond acceptors (Lipinski definition) is 4. The fraction of sp³-hybridized carbons (Fsp3) is 0.0400. The standard InChI is InChI=1S/C25H20ClN3O3S/c26-20-12-14-21(15-13-20)29-33(31,32)22-10-6-9-19(17-22)25(30)28-24(18-7-2-1-3-8-18)23-11-4-5-16-27-23/h1-17,24,29H,(H,28,30). The van der Waals surface area contributed by atoms with E-state index in [4.69, 9.17) is 11.6 Å². The normalized spacial score (nSPS) is 12.0. The second kappa shape index (κ2) is 9.85. The molecule has 0 aliphatic rings. The molecule has 0 spiro atoms. The van der Waals surface area contributed by atoms with E-state index in [9.17, 15) is 13.2 Å². The number of nitrogens with zero attached hydrogens (tertiary/aromatic N) is 1. The Morgan fingerprint density at radius 1 is 0.848 bits per heavy atom. The van der Waals surface area contributed by atoms with Gasteiger partial charge < -0.3 is 5.32 Å². The lowest BCUT2D eigenvalue weighted by Crippen LogP contribution is -2.30. The summed E-state index contributed by atoms with van der Waals surface area (Å²) in [5.41, 5.74) is 2.11. The molecule has 0 aliphatic carbocycles. The molecule has 1 amide bonds. The van der Waals surface area contributed by atoms with Crippen molar-refractivity contribution in [2.45, 2.75) is 10.9 Å². The van der Waals surface area contributed by atoms with Crippen LogP contribution in [0.5, 0.6) is 0 Å². The molecule has 4 aromatic rings. The first-order valence-corrected chi connectivity index (χ1v) is 11.9. The summed E-state index contributed by atoms with van der Waals surface area (Å²) in [5, 5.41) is 3.47. The van der Waals surface area contributed by atoms with Crippen molar-refractivity contribution in [1.29, 1.82) is 0 Å². The zero-order valence-electron chi connectivity index (χ0n) is 17.4. The second-order valence-corrected chi connectivity index (χ2v) is 9.33. The predicted octanol–water partition coefficient (Wildman–Crippen LogP) is 5.06. The van der Waals surface area contributed by atoms with Crippen LogP contribution >= 0.6 is 11.6 Å². The van der Waals surface area contributed by atoms with Crippen LogP contribution in [0.3, 0.4) is 0 Å². The molecule has 0 radical (unpaired) electrons. The summed E-state index contributed by atoms with van der Waals surface area (Å²) < 4.78 is 28.2. The van der Waals surface area contributed by atoms with E-state index in [-0.39, 0.29) is 10.5 Å². The van der Waals surface area contributed by atoms with Crippen LogP contribution in [-0.4, -0.2) is 19.3 Å². The van der Waals surface area contributed by atoms with Gasteiger partial charge in [0.2, 0.25) is 0 Å². The first-order valence-electron chi connectivity index (χ1n) is 10.1. The Morgan fingerprint density at radius 3 is 2.27 bits per heavy atom. The number of nitrogens with one attached hydrogen (secondary N) is 2. The van der Waals surface area contributed by atoms with Crippen molar-refractivity contribution in [2.24, 2.45) is 0 Å². The van der Waals surface area contributed by atoms with Gasteiger partial charge in [-0.25, -0.2) is 8.42 Å². The minimum absolute atomic E-state index is 0.0285. The Morgan fingerprint density at radius 2 is 1.58 bits per heavy atom. The van der Waals surface area contributed by atoms with Crippen molar-refractivity contribution in [1.82, 2.24) is 10.3 Å². The zero-order valence-corrected chi connectivity index (χ0v) is 18.9. The first-order chi connectivity index (χ1) is 15.9. The molecule has 3 aromatic carbocycles. The second-order valence-electron chi connectivity index (χ2n) is 7.21. The van der Waals surface area contributed by atoms with Crippen LogP contribution in [0.25, 0.3) is 0 Å². The highest BCUT2D eigenvalue weighted by molar-refractivity contribution is 7.92. The number of halogens is 1. The maximum atomic E-state index is 13.1. The summed E-state index contributed by atoms with van der Waals surface area (Å²) in [6.45, 7) is 0. The number of carbonyl (C=O) groups is 1. The molecule has 1 heterocycles. The highest BCUT2D eigenvalue weighted by Crippen LogP contribution is 2.22. The largest absolute Gasteiger partial charge is 0.340 e. The molecule has 2 N–H and O–H groups in total. The summed E-state index contributed by atoms with van der Waals surface area (Å²) in [7, 11) is -3.90. The first kappa shape index (κ1) is 22.5. The van der Waals surface area contributed by atoms with Crippen LogP contribution < -0.4 is 10.0 Å². The van der Waals surface area contributed by atoms with E-state index in [2.05, 4.69) is 15.0 Å². The molecule has 0 bridgehead atoms. The van der Waals surface area contributed by atoms with Crippen molar-refractivity contribution >= 4 is 33.2 Å². The van der Waals surface area contributed by atoms with Crippen LogP contribution in [0.4, 0.5) is 5.69 Å². The molecule has 8 heteroatoms. The van der Waals surface area contributed by atoms with Gasteiger partial charge in [-0.3, -0.25) is 14.5 Å². The molecule has 4 rings (SSSR count). The van der Waals surface area contributed by atoms with Crippen LogP contribution in [-0.2, 0) is 10.0 Å². The molecule has 6 nitrogen and oxygen atoms in total. The van der Waals surface area contributed by atoms with E-state index in [1.807, 2.05) is 42.5 Å². The van der Waals surface area contributed by atoms with Crippen LogP contribution in [0.1, 0.15) is 27.7 Å². The molecular weight excluding hydrogens is 458 g/mol. The Bertz CT molecular complexity index is 1310. The number of carbonyl (C=O) groups excluding carboxylic acids is 1. The summed E-state index contributed by atoms with van der Waals surface area (Å²) >= 11 is 5.86. The van der Waals surface area contributed by atoms with Crippen molar-refractivity contribution < 1.29 is 13.2 Å². The zero-order chi connectivity index (χ0) is 23.3. The summed E-state index contributed by atoms with van der Waals surface area (Å²) in [6.07, 6.45) is 1.66. The van der Waals surface area contributed by atoms with Gasteiger partial charge in [-0.2, -0.15) is 0 Å². The molecule has 1 unspecified atom stereocenters. The van der Waals surface area contributed by atoms with Crippen molar-refractivity contribution in [3.8, 4) is 0 Å². The van der Waals surface area contributed by atoms with Crippen LogP contribution in [0, 0.1) is 0 Å². The summed E-state index contributed by atoms with van der Waals surface area (Å²) in [5.74, 6) is -0.418. The quantitative estimate of drug-likeness (QED) is 0.389. The van der Waals surface area contributed by atoms with Crippen molar-refractivity contribution in [3.05, 3.63) is 125 Å². The van der Waals surface area contributed by atoms with E-state index < -0.39 is 22.0 Å². The van der Waals surface area contributed by atoms with E-state index in [0.717, 1.165) is 5.56 Å². The van der Waals surface area contributed by atoms with Crippen molar-refractivity contribution in [3.63, 3.8) is 0 Å². The van der Waals surface area contributed by atoms with Crippen LogP contribution in [0.2, 0.25) is 5.02 Å². The third-order valence-electron chi connectivity index (χ3n) is 4.89. The highest BCUT2D eigenvalue weighted by Gasteiger charge is 2.21. The van der Waals surface area contributed by atoms with E-state index in [1.165, 1.54) is 18.2 Å². The highest BCUT2D eigenvalue weighted by atomic mass is 35.5. The fourth-order valence-corrected chi connectivity index (χ4v) is 4.50. The molecule has 0 saturated heterocycles. The number of sulfonamides is 1. The maximum absolute atomic E-state index is 13.1. The Balaban J connectivity index is 1.59. The number of amides is 1. The molecule has 33 heavy (non-hydrogen) atoms. The lowest BCUT2D eigenvalue weighted by molar-refractivity contribution is 0.0942. The van der Waals surface area contributed by atoms with Gasteiger partial charge in [-0.1, -0.05) is 54.1 Å². The average Bonchev–Trinajstić information content (AvgIpc) is 2.85. The third kappa shape index (κ3) is 5.58. The lowest BCUT2D eigenvalue weighted by atomic mass is 10.0. The van der Waals surface area contributed by atoms with Gasteiger partial charge >= 0.3 is 0 Å². The summed E-state index contributed by atoms with van der Waals surface area (Å²) in [6, 6.07) is 26.6. The lowest BCUT2D eigenvalue weighted by Gasteiger charge is -2.19. The van der Waals surface area contributed by atoms with Crippen molar-refractivity contribution in [2.75, 3.05) is 4.72 Å². The van der Waals surface area contributed by atoms with Gasteiger partial charge in [0.15, 0.2) is 0 Å². The minimum atomic E-state index is -3.90. The van der Waals surface area contributed by atoms with Gasteiger partial charge in [0.1, 0.15) is 0 Å². The fourth-order valence-electron chi connectivity index (χ4n) is 3.27. The maximum Gasteiger partial charge on any atom is 0.261 e. The predicted molar refractivity (Wildman–Crippen MR) is 129 cm³/mol. The van der Waals surface area contributed by atoms with E-state index in [1.54, 1.807) is 42.6 Å². The number of pyridine rings is 1. The molecular formula is C25H20ClN3O3S. The Hall–Kier alpha value is -3.68. The molecule has 166 valence electrons. The monoisotopic (exact) mass is 477 g/mol. The molecule has 1 atom stereocenters. The number of aromatic nitrogens is 1. The topological polar surface area (TPSA) is 88.2 Å². The smallest absolute Gasteiger partial charge is 0.261 e. The molecule has 0 fully saturated rings. The molecule has 1 aromatic heterocycles. The SMILES string of the molecule is O=C(NC(c1ccccc1)c1ccccn1)c1cccc(S(=O)(=O)Nc2ccc(Cl)cc2)c1. The minimum Gasteiger partial charge on any atom is -0.340 e. The summed E-state index contributed by atoms with van der Waals surface area (Å²) in [4.78, 5) is 17.5. The number of rotatable bonds is 7. The van der Waals surface area contributed by atoms with Gasteiger partial charge in [0, 0.05) is 22.5 Å². The van der Waals surface area contributed by atoms with Gasteiger partial charge in [0.25, 0.3) is 15.9 Å². The van der Waals surface area contributed by atoms with Gasteiger partial charge in [-0.15, -0.1) is 0 Å². The average molecular weight is 478 g/mol. The molecule has 0 aliphatic heterocycles. The Kier molecular flexibility index (Phi) is 6.72. The van der Waals surface area contributed by atoms with Gasteiger partial charge in [0.05, 0.1) is 16.6 Å². The number of benzene rings is 3.